The smallest absolute Gasteiger partial charge is 0.371 e. The number of carboxylic acids is 1. The molecule has 5 nitrogen and oxygen atoms in total. The van der Waals surface area contributed by atoms with Crippen LogP contribution in [0.15, 0.2) is 0 Å². The number of imidazole rings is 1. The molecular formula is C8H13N3O2. The number of aromatic carboxylic acids is 1. The lowest BCUT2D eigenvalue weighted by Crippen LogP contribution is -2.30. The van der Waals surface area contributed by atoms with E-state index in [4.69, 9.17) is 10.8 Å². The highest BCUT2D eigenvalue weighted by atomic mass is 16.4. The first-order valence-electron chi connectivity index (χ1n) is 3.91. The van der Waals surface area contributed by atoms with Crippen molar-refractivity contribution >= 4 is 5.97 Å². The second-order valence-electron chi connectivity index (χ2n) is 3.59. The third kappa shape index (κ3) is 1.86. The van der Waals surface area contributed by atoms with Crippen molar-refractivity contribution < 1.29 is 9.90 Å². The summed E-state index contributed by atoms with van der Waals surface area (Å²) in [6, 6.07) is 0. The highest BCUT2D eigenvalue weighted by Gasteiger charge is 2.22. The Morgan fingerprint density at radius 2 is 2.15 bits per heavy atom. The minimum atomic E-state index is -1.07. The number of hydrogen-bond donors (Lipinski definition) is 3. The van der Waals surface area contributed by atoms with Crippen LogP contribution in [-0.2, 0) is 5.54 Å². The third-order valence-electron chi connectivity index (χ3n) is 1.70. The Hall–Kier alpha value is -1.36. The summed E-state index contributed by atoms with van der Waals surface area (Å²) in [6.45, 7) is 5.31. The molecular weight excluding hydrogens is 170 g/mol. The molecule has 0 saturated heterocycles. The van der Waals surface area contributed by atoms with Crippen LogP contribution in [0.5, 0.6) is 0 Å². The van der Waals surface area contributed by atoms with Crippen LogP contribution in [0.3, 0.4) is 0 Å². The molecule has 1 aromatic heterocycles. The molecule has 0 aliphatic rings. The van der Waals surface area contributed by atoms with Crippen LogP contribution in [-0.4, -0.2) is 21.0 Å². The van der Waals surface area contributed by atoms with Gasteiger partial charge in [0.05, 0.1) is 11.2 Å². The highest BCUT2D eigenvalue weighted by Crippen LogP contribution is 2.18. The molecule has 0 unspecified atom stereocenters. The molecule has 5 heteroatoms. The predicted octanol–water partition coefficient (Wildman–Crippen LogP) is 0.610. The van der Waals surface area contributed by atoms with E-state index < -0.39 is 11.5 Å². The molecule has 13 heavy (non-hydrogen) atoms. The van der Waals surface area contributed by atoms with Gasteiger partial charge in [0.2, 0.25) is 5.82 Å². The predicted molar refractivity (Wildman–Crippen MR) is 47.5 cm³/mol. The van der Waals surface area contributed by atoms with Crippen molar-refractivity contribution in [3.63, 3.8) is 0 Å². The largest absolute Gasteiger partial charge is 0.475 e. The third-order valence-corrected chi connectivity index (χ3v) is 1.70. The Balaban J connectivity index is 3.18. The van der Waals surface area contributed by atoms with Crippen molar-refractivity contribution in [2.45, 2.75) is 26.3 Å². The molecule has 0 atom stereocenters. The maximum absolute atomic E-state index is 10.6. The van der Waals surface area contributed by atoms with Crippen molar-refractivity contribution in [3.05, 3.63) is 17.2 Å². The molecule has 72 valence electrons. The summed E-state index contributed by atoms with van der Waals surface area (Å²) in [6.07, 6.45) is 0. The summed E-state index contributed by atoms with van der Waals surface area (Å²) in [5.41, 5.74) is 6.47. The van der Waals surface area contributed by atoms with Crippen molar-refractivity contribution in [1.82, 2.24) is 9.97 Å². The fraction of sp³-hybridized carbons (Fsp3) is 0.500. The summed E-state index contributed by atoms with van der Waals surface area (Å²) in [7, 11) is 0. The fourth-order valence-corrected chi connectivity index (χ4v) is 1.19. The lowest BCUT2D eigenvalue weighted by atomic mass is 10.0. The number of H-pyrrole nitrogens is 1. The highest BCUT2D eigenvalue weighted by molar-refractivity contribution is 5.83. The van der Waals surface area contributed by atoms with Gasteiger partial charge < -0.3 is 15.8 Å². The van der Waals surface area contributed by atoms with E-state index in [-0.39, 0.29) is 5.82 Å². The van der Waals surface area contributed by atoms with E-state index in [1.165, 1.54) is 0 Å². The molecule has 0 aliphatic heterocycles. The summed E-state index contributed by atoms with van der Waals surface area (Å²) in [5, 5.41) is 8.65. The van der Waals surface area contributed by atoms with E-state index in [0.29, 0.717) is 11.4 Å². The molecule has 0 amide bonds. The first kappa shape index (κ1) is 9.73. The molecule has 0 spiro atoms. The SMILES string of the molecule is Cc1[nH]c(C(=O)O)nc1C(C)(C)N. The first-order chi connectivity index (χ1) is 5.82. The Bertz CT molecular complexity index is 336. The van der Waals surface area contributed by atoms with Crippen LogP contribution in [0.25, 0.3) is 0 Å². The van der Waals surface area contributed by atoms with Gasteiger partial charge in [-0.05, 0) is 20.8 Å². The maximum Gasteiger partial charge on any atom is 0.371 e. The second-order valence-corrected chi connectivity index (χ2v) is 3.59. The number of rotatable bonds is 2. The van der Waals surface area contributed by atoms with E-state index in [1.54, 1.807) is 20.8 Å². The van der Waals surface area contributed by atoms with Gasteiger partial charge in [-0.15, -0.1) is 0 Å². The van der Waals surface area contributed by atoms with E-state index >= 15 is 0 Å². The molecule has 4 N–H and O–H groups in total. The van der Waals surface area contributed by atoms with Gasteiger partial charge in [0.15, 0.2) is 0 Å². The van der Waals surface area contributed by atoms with Crippen LogP contribution in [0.1, 0.15) is 35.9 Å². The van der Waals surface area contributed by atoms with Gasteiger partial charge in [-0.1, -0.05) is 0 Å². The minimum Gasteiger partial charge on any atom is -0.475 e. The number of carbonyl (C=O) groups is 1. The Morgan fingerprint density at radius 1 is 1.62 bits per heavy atom. The van der Waals surface area contributed by atoms with Crippen LogP contribution < -0.4 is 5.73 Å². The van der Waals surface area contributed by atoms with E-state index in [1.807, 2.05) is 0 Å². The zero-order chi connectivity index (χ0) is 10.2. The Kier molecular flexibility index (Phi) is 2.13. The summed E-state index contributed by atoms with van der Waals surface area (Å²) in [4.78, 5) is 17.1. The quantitative estimate of drug-likeness (QED) is 0.626. The fourth-order valence-electron chi connectivity index (χ4n) is 1.19. The van der Waals surface area contributed by atoms with Gasteiger partial charge in [0.1, 0.15) is 0 Å². The monoisotopic (exact) mass is 183 g/mol. The average Bonchev–Trinajstić information content (AvgIpc) is 2.29. The zero-order valence-electron chi connectivity index (χ0n) is 7.88. The molecule has 0 aromatic carbocycles. The number of nitrogens with two attached hydrogens (primary N) is 1. The normalized spacial score (nSPS) is 11.7. The van der Waals surface area contributed by atoms with Crippen LogP contribution >= 0.6 is 0 Å². The molecule has 1 rings (SSSR count). The van der Waals surface area contributed by atoms with Crippen LogP contribution in [0.2, 0.25) is 0 Å². The molecule has 0 aliphatic carbocycles. The van der Waals surface area contributed by atoms with Crippen LogP contribution in [0, 0.1) is 6.92 Å². The van der Waals surface area contributed by atoms with E-state index in [0.717, 1.165) is 0 Å². The second kappa shape index (κ2) is 2.85. The van der Waals surface area contributed by atoms with Crippen LogP contribution in [0.4, 0.5) is 0 Å². The average molecular weight is 183 g/mol. The van der Waals surface area contributed by atoms with Crippen molar-refractivity contribution in [1.29, 1.82) is 0 Å². The summed E-state index contributed by atoms with van der Waals surface area (Å²) < 4.78 is 0. The lowest BCUT2D eigenvalue weighted by Gasteiger charge is -2.16. The Morgan fingerprint density at radius 3 is 2.38 bits per heavy atom. The van der Waals surface area contributed by atoms with Gasteiger partial charge in [-0.2, -0.15) is 0 Å². The van der Waals surface area contributed by atoms with Gasteiger partial charge >= 0.3 is 5.97 Å². The van der Waals surface area contributed by atoms with Crippen molar-refractivity contribution in [2.75, 3.05) is 0 Å². The lowest BCUT2D eigenvalue weighted by molar-refractivity contribution is 0.0684. The van der Waals surface area contributed by atoms with Crippen molar-refractivity contribution in [3.8, 4) is 0 Å². The maximum atomic E-state index is 10.6. The molecule has 1 heterocycles. The van der Waals surface area contributed by atoms with Gasteiger partial charge in [-0.3, -0.25) is 0 Å². The minimum absolute atomic E-state index is 0.0639. The Labute approximate surface area is 76.0 Å². The zero-order valence-corrected chi connectivity index (χ0v) is 7.88. The van der Waals surface area contributed by atoms with Gasteiger partial charge in [0.25, 0.3) is 0 Å². The molecule has 0 radical (unpaired) electrons. The van der Waals surface area contributed by atoms with Crippen molar-refractivity contribution in [2.24, 2.45) is 5.73 Å². The van der Waals surface area contributed by atoms with Gasteiger partial charge in [-0.25, -0.2) is 9.78 Å². The number of aromatic amines is 1. The first-order valence-corrected chi connectivity index (χ1v) is 3.91. The number of hydrogen-bond acceptors (Lipinski definition) is 3. The van der Waals surface area contributed by atoms with E-state index in [2.05, 4.69) is 9.97 Å². The molecule has 0 fully saturated rings. The number of aromatic nitrogens is 2. The summed E-state index contributed by atoms with van der Waals surface area (Å²) >= 11 is 0. The van der Waals surface area contributed by atoms with Gasteiger partial charge in [0, 0.05) is 5.69 Å². The molecule has 0 bridgehead atoms. The number of nitrogens with one attached hydrogen (secondary N) is 1. The standard InChI is InChI=1S/C8H13N3O2/c1-4-5(8(2,3)9)11-6(10-4)7(12)13/h9H2,1-3H3,(H,10,11)(H,12,13). The number of aryl methyl sites for hydroxylation is 1. The number of carboxylic acid groups (broad SMARTS) is 1. The summed E-state index contributed by atoms with van der Waals surface area (Å²) in [5.74, 6) is -1.13. The molecule has 0 saturated carbocycles. The van der Waals surface area contributed by atoms with E-state index in [9.17, 15) is 4.79 Å². The topological polar surface area (TPSA) is 92.0 Å². The molecule has 1 aromatic rings. The number of nitrogens with zero attached hydrogens (tertiary/aromatic N) is 1.